The number of nitrogens with zero attached hydrogens (tertiary/aromatic N) is 7. The number of nitro groups is 1. The maximum Gasteiger partial charge on any atom is 0.294 e. The van der Waals surface area contributed by atoms with Gasteiger partial charge in [0.15, 0.2) is 0 Å². The smallest absolute Gasteiger partial charge is 0.294 e. The lowest BCUT2D eigenvalue weighted by atomic mass is 10.0. The van der Waals surface area contributed by atoms with Gasteiger partial charge in [-0.25, -0.2) is 4.98 Å². The van der Waals surface area contributed by atoms with E-state index in [0.29, 0.717) is 29.0 Å². The van der Waals surface area contributed by atoms with Crippen LogP contribution in [0.2, 0.25) is 0 Å². The summed E-state index contributed by atoms with van der Waals surface area (Å²) in [7, 11) is 7.55. The van der Waals surface area contributed by atoms with Crippen molar-refractivity contribution in [3.05, 3.63) is 71.0 Å². The first-order valence-electron chi connectivity index (χ1n) is 13.1. The molecule has 0 spiro atoms. The normalized spacial score (nSPS) is 13.9. The fourth-order valence-corrected chi connectivity index (χ4v) is 4.97. The van der Waals surface area contributed by atoms with Crippen LogP contribution in [0.3, 0.4) is 0 Å². The average Bonchev–Trinajstić information content (AvgIpc) is 3.39. The Bertz CT molecular complexity index is 1500. The number of aromatic nitrogens is 4. The van der Waals surface area contributed by atoms with Crippen molar-refractivity contribution >= 4 is 34.5 Å². The van der Waals surface area contributed by atoms with E-state index in [9.17, 15) is 10.1 Å². The zero-order valence-corrected chi connectivity index (χ0v) is 23.0. The highest BCUT2D eigenvalue weighted by molar-refractivity contribution is 5.79. The maximum absolute atomic E-state index is 12.1. The molecule has 12 heteroatoms. The van der Waals surface area contributed by atoms with E-state index >= 15 is 0 Å². The van der Waals surface area contributed by atoms with Gasteiger partial charge in [0.2, 0.25) is 5.95 Å². The molecule has 1 fully saturated rings. The summed E-state index contributed by atoms with van der Waals surface area (Å²) >= 11 is 0. The van der Waals surface area contributed by atoms with Crippen LogP contribution in [-0.4, -0.2) is 69.9 Å². The molecule has 12 nitrogen and oxygen atoms in total. The number of benzene rings is 2. The molecule has 2 aromatic carbocycles. The third-order valence-electron chi connectivity index (χ3n) is 7.11. The first kappa shape index (κ1) is 26.9. The Balaban J connectivity index is 1.39. The predicted octanol–water partition coefficient (Wildman–Crippen LogP) is 4.81. The summed E-state index contributed by atoms with van der Waals surface area (Å²) < 4.78 is 7.39. The van der Waals surface area contributed by atoms with Crippen LogP contribution in [0.1, 0.15) is 12.8 Å². The first-order chi connectivity index (χ1) is 19.3. The highest BCUT2D eigenvalue weighted by Gasteiger charge is 2.28. The van der Waals surface area contributed by atoms with Crippen molar-refractivity contribution in [3.8, 4) is 17.0 Å². The van der Waals surface area contributed by atoms with Crippen LogP contribution >= 0.6 is 0 Å². The number of aryl methyl sites for hydroxylation is 1. The van der Waals surface area contributed by atoms with Crippen LogP contribution in [0.5, 0.6) is 5.75 Å². The van der Waals surface area contributed by atoms with E-state index in [1.54, 1.807) is 30.1 Å². The van der Waals surface area contributed by atoms with Gasteiger partial charge in [0.25, 0.3) is 5.69 Å². The topological polar surface area (TPSA) is 127 Å². The summed E-state index contributed by atoms with van der Waals surface area (Å²) in [6.45, 7) is 1.47. The second-order valence-corrected chi connectivity index (χ2v) is 9.92. The minimum Gasteiger partial charge on any atom is -0.494 e. The lowest BCUT2D eigenvalue weighted by molar-refractivity contribution is -0.384. The predicted molar refractivity (Wildman–Crippen MR) is 156 cm³/mol. The summed E-state index contributed by atoms with van der Waals surface area (Å²) in [6.07, 6.45) is 5.38. The monoisotopic (exact) mass is 543 g/mol. The second kappa shape index (κ2) is 11.6. The van der Waals surface area contributed by atoms with Gasteiger partial charge in [0.1, 0.15) is 17.3 Å². The number of hydrogen-bond acceptors (Lipinski definition) is 10. The minimum atomic E-state index is -0.356. The molecule has 0 saturated carbocycles. The van der Waals surface area contributed by atoms with E-state index in [1.807, 2.05) is 43.6 Å². The standard InChI is InChI=1S/C28H33N9O3/c1-34(2)19-10-15-36(16-11-19)24-18-26(40-4)23(17-25(24)37(38)39)31-28-29-13-9-27(32-28)30-21-8-6-5-7-20(21)22-12-14-35(3)33-22/h5-9,12-14,17-19H,10-11,15-16H2,1-4H3,(H2,29,30,31,32). The van der Waals surface area contributed by atoms with Gasteiger partial charge in [-0.05, 0) is 45.1 Å². The number of nitrogens with one attached hydrogen (secondary N) is 2. The van der Waals surface area contributed by atoms with Crippen LogP contribution in [0.4, 0.5) is 34.5 Å². The third-order valence-corrected chi connectivity index (χ3v) is 7.11. The minimum absolute atomic E-state index is 0.00479. The van der Waals surface area contributed by atoms with E-state index in [2.05, 4.69) is 49.6 Å². The van der Waals surface area contributed by atoms with Crippen molar-refractivity contribution in [1.82, 2.24) is 24.6 Å². The van der Waals surface area contributed by atoms with Gasteiger partial charge in [-0.2, -0.15) is 10.1 Å². The molecule has 2 aromatic heterocycles. The maximum atomic E-state index is 12.1. The number of para-hydroxylation sites is 1. The highest BCUT2D eigenvalue weighted by atomic mass is 16.6. The molecular weight excluding hydrogens is 510 g/mol. The zero-order valence-electron chi connectivity index (χ0n) is 23.0. The Hall–Kier alpha value is -4.71. The van der Waals surface area contributed by atoms with Gasteiger partial charge >= 0.3 is 0 Å². The van der Waals surface area contributed by atoms with E-state index in [0.717, 1.165) is 42.9 Å². The van der Waals surface area contributed by atoms with E-state index in [1.165, 1.54) is 6.07 Å². The highest BCUT2D eigenvalue weighted by Crippen LogP contribution is 2.40. The molecule has 5 rings (SSSR count). The summed E-state index contributed by atoms with van der Waals surface area (Å²) in [5, 5.41) is 23.1. The summed E-state index contributed by atoms with van der Waals surface area (Å²) in [5.41, 5.74) is 3.56. The Kier molecular flexibility index (Phi) is 7.78. The molecule has 3 heterocycles. The molecule has 40 heavy (non-hydrogen) atoms. The molecule has 0 unspecified atom stereocenters. The van der Waals surface area contributed by atoms with Crippen LogP contribution in [0.15, 0.2) is 60.9 Å². The number of rotatable bonds is 9. The molecule has 0 aliphatic carbocycles. The van der Waals surface area contributed by atoms with Crippen molar-refractivity contribution in [2.24, 2.45) is 7.05 Å². The number of hydrogen-bond donors (Lipinski definition) is 2. The van der Waals surface area contributed by atoms with Gasteiger partial charge < -0.3 is 25.2 Å². The Morgan fingerprint density at radius 1 is 1.07 bits per heavy atom. The number of piperidine rings is 1. The zero-order chi connectivity index (χ0) is 28.2. The Labute approximate surface area is 232 Å². The van der Waals surface area contributed by atoms with Crippen LogP contribution in [0, 0.1) is 10.1 Å². The van der Waals surface area contributed by atoms with Gasteiger partial charge in [0, 0.05) is 62.0 Å². The Morgan fingerprint density at radius 2 is 1.85 bits per heavy atom. The molecule has 1 aliphatic heterocycles. The SMILES string of the molecule is COc1cc(N2CCC(N(C)C)CC2)c([N+](=O)[O-])cc1Nc1nccc(Nc2ccccc2-c2ccn(C)n2)n1. The van der Waals surface area contributed by atoms with Crippen molar-refractivity contribution in [3.63, 3.8) is 0 Å². The van der Waals surface area contributed by atoms with Crippen LogP contribution in [-0.2, 0) is 7.05 Å². The molecule has 0 atom stereocenters. The van der Waals surface area contributed by atoms with Crippen molar-refractivity contribution in [2.75, 3.05) is 49.8 Å². The molecule has 208 valence electrons. The van der Waals surface area contributed by atoms with E-state index in [-0.39, 0.29) is 16.6 Å². The molecule has 4 aromatic rings. The molecule has 0 amide bonds. The number of anilines is 5. The van der Waals surface area contributed by atoms with Crippen LogP contribution < -0.4 is 20.3 Å². The lowest BCUT2D eigenvalue weighted by Gasteiger charge is -2.36. The summed E-state index contributed by atoms with van der Waals surface area (Å²) in [6, 6.07) is 15.2. The summed E-state index contributed by atoms with van der Waals surface area (Å²) in [4.78, 5) is 24.9. The summed E-state index contributed by atoms with van der Waals surface area (Å²) in [5.74, 6) is 1.29. The largest absolute Gasteiger partial charge is 0.494 e. The molecule has 0 radical (unpaired) electrons. The number of ether oxygens (including phenoxy) is 1. The van der Waals surface area contributed by atoms with Gasteiger partial charge in [0.05, 0.1) is 23.4 Å². The van der Waals surface area contributed by atoms with E-state index < -0.39 is 0 Å². The quantitative estimate of drug-likeness (QED) is 0.224. The van der Waals surface area contributed by atoms with Gasteiger partial charge in [-0.3, -0.25) is 14.8 Å². The molecule has 0 bridgehead atoms. The second-order valence-electron chi connectivity index (χ2n) is 9.92. The molecular formula is C28H33N9O3. The third kappa shape index (κ3) is 5.81. The number of nitro benzene ring substituents is 1. The molecule has 1 aliphatic rings. The number of methoxy groups -OCH3 is 1. The van der Waals surface area contributed by atoms with Crippen LogP contribution in [0.25, 0.3) is 11.3 Å². The molecule has 1 saturated heterocycles. The van der Waals surface area contributed by atoms with E-state index in [4.69, 9.17) is 4.74 Å². The fourth-order valence-electron chi connectivity index (χ4n) is 4.97. The Morgan fingerprint density at radius 3 is 2.52 bits per heavy atom. The average molecular weight is 544 g/mol. The molecule has 2 N–H and O–H groups in total. The van der Waals surface area contributed by atoms with Gasteiger partial charge in [-0.15, -0.1) is 0 Å². The van der Waals surface area contributed by atoms with Crippen molar-refractivity contribution < 1.29 is 9.66 Å². The fraction of sp³-hybridized carbons (Fsp3) is 0.321. The van der Waals surface area contributed by atoms with Crippen molar-refractivity contribution in [2.45, 2.75) is 18.9 Å². The first-order valence-corrected chi connectivity index (χ1v) is 13.1. The lowest BCUT2D eigenvalue weighted by Crippen LogP contribution is -2.42. The van der Waals surface area contributed by atoms with Crippen molar-refractivity contribution in [1.29, 1.82) is 0 Å². The van der Waals surface area contributed by atoms with Gasteiger partial charge in [-0.1, -0.05) is 18.2 Å².